The zero-order valence-electron chi connectivity index (χ0n) is 8.21. The summed E-state index contributed by atoms with van der Waals surface area (Å²) in [7, 11) is 0. The lowest BCUT2D eigenvalue weighted by Gasteiger charge is -2.14. The van der Waals surface area contributed by atoms with Gasteiger partial charge in [-0.1, -0.05) is 44.9 Å². The molecule has 1 aliphatic rings. The highest BCUT2D eigenvalue weighted by Gasteiger charge is 2.14. The van der Waals surface area contributed by atoms with Crippen LogP contribution in [-0.2, 0) is 11.1 Å². The average Bonchev–Trinajstić information content (AvgIpc) is 2.14. The molecule has 1 unspecified atom stereocenters. The topological polar surface area (TPSA) is 37.3 Å². The Morgan fingerprint density at radius 3 is 1.62 bits per heavy atom. The summed E-state index contributed by atoms with van der Waals surface area (Å²) >= 11 is -1.58. The molecule has 0 heterocycles. The Bertz CT molecular complexity index is 149. The third-order valence-corrected chi connectivity index (χ3v) is 3.88. The molecule has 0 amide bonds. The molecule has 0 spiro atoms. The van der Waals surface area contributed by atoms with Crippen molar-refractivity contribution in [3.63, 3.8) is 0 Å². The Morgan fingerprint density at radius 2 is 1.23 bits per heavy atom. The minimum absolute atomic E-state index is 0.0538. The van der Waals surface area contributed by atoms with Crippen LogP contribution in [0.15, 0.2) is 0 Å². The van der Waals surface area contributed by atoms with Crippen LogP contribution in [0.4, 0.5) is 0 Å². The van der Waals surface area contributed by atoms with E-state index < -0.39 is 11.1 Å². The first-order valence-corrected chi connectivity index (χ1v) is 6.57. The predicted molar refractivity (Wildman–Crippen MR) is 56.1 cm³/mol. The van der Waals surface area contributed by atoms with Crippen molar-refractivity contribution in [2.45, 2.75) is 63.0 Å². The quantitative estimate of drug-likeness (QED) is 0.666. The van der Waals surface area contributed by atoms with Crippen LogP contribution < -0.4 is 0 Å². The summed E-state index contributed by atoms with van der Waals surface area (Å²) < 4.78 is 20.0. The summed E-state index contributed by atoms with van der Waals surface area (Å²) in [6.07, 6.45) is 10.6. The molecule has 0 bridgehead atoms. The maximum Gasteiger partial charge on any atom is 0.155 e. The fourth-order valence-corrected chi connectivity index (χ4v) is 2.71. The van der Waals surface area contributed by atoms with E-state index in [9.17, 15) is 4.21 Å². The molecule has 1 aliphatic carbocycles. The first-order chi connectivity index (χ1) is 6.30. The second-order valence-electron chi connectivity index (χ2n) is 3.95. The summed E-state index contributed by atoms with van der Waals surface area (Å²) in [5.74, 6) is 0. The van der Waals surface area contributed by atoms with E-state index in [1.165, 1.54) is 32.1 Å². The van der Waals surface area contributed by atoms with Gasteiger partial charge in [0.15, 0.2) is 11.1 Å². The maximum absolute atomic E-state index is 10.9. The molecule has 78 valence electrons. The van der Waals surface area contributed by atoms with Crippen LogP contribution in [0.1, 0.15) is 57.8 Å². The van der Waals surface area contributed by atoms with Crippen molar-refractivity contribution in [2.24, 2.45) is 0 Å². The maximum atomic E-state index is 10.9. The van der Waals surface area contributed by atoms with E-state index in [0.717, 1.165) is 25.7 Å². The SMILES string of the molecule is O=S(O)C1CCCCCCCCC1. The van der Waals surface area contributed by atoms with E-state index >= 15 is 0 Å². The van der Waals surface area contributed by atoms with Crippen LogP contribution in [0.3, 0.4) is 0 Å². The molecule has 1 saturated carbocycles. The third kappa shape index (κ3) is 4.77. The fourth-order valence-electron chi connectivity index (χ4n) is 1.97. The van der Waals surface area contributed by atoms with Gasteiger partial charge in [-0.2, -0.15) is 0 Å². The van der Waals surface area contributed by atoms with E-state index in [1.54, 1.807) is 0 Å². The van der Waals surface area contributed by atoms with Crippen LogP contribution in [0.25, 0.3) is 0 Å². The molecule has 1 fully saturated rings. The van der Waals surface area contributed by atoms with Gasteiger partial charge in [-0.15, -0.1) is 0 Å². The molecule has 1 rings (SSSR count). The van der Waals surface area contributed by atoms with E-state index in [1.807, 2.05) is 0 Å². The van der Waals surface area contributed by atoms with Gasteiger partial charge in [0.25, 0.3) is 0 Å². The van der Waals surface area contributed by atoms with Gasteiger partial charge in [-0.3, -0.25) is 0 Å². The molecule has 0 saturated heterocycles. The van der Waals surface area contributed by atoms with Crippen molar-refractivity contribution in [3.8, 4) is 0 Å². The number of rotatable bonds is 1. The lowest BCUT2D eigenvalue weighted by Crippen LogP contribution is -2.14. The summed E-state index contributed by atoms with van der Waals surface area (Å²) in [4.78, 5) is 0. The molecule has 3 heteroatoms. The van der Waals surface area contributed by atoms with Gasteiger partial charge in [0, 0.05) is 0 Å². The summed E-state index contributed by atoms with van der Waals surface area (Å²) in [5, 5.41) is 0.0538. The predicted octanol–water partition coefficient (Wildman–Crippen LogP) is 3.10. The molecule has 0 aromatic heterocycles. The normalized spacial score (nSPS) is 25.3. The summed E-state index contributed by atoms with van der Waals surface area (Å²) in [6, 6.07) is 0. The Hall–Kier alpha value is 0.110. The zero-order valence-corrected chi connectivity index (χ0v) is 9.02. The molecule has 1 atom stereocenters. The first-order valence-electron chi connectivity index (χ1n) is 5.40. The third-order valence-electron chi connectivity index (χ3n) is 2.84. The zero-order chi connectivity index (χ0) is 9.52. The summed E-state index contributed by atoms with van der Waals surface area (Å²) in [5.41, 5.74) is 0. The Labute approximate surface area is 83.4 Å². The van der Waals surface area contributed by atoms with E-state index in [-0.39, 0.29) is 5.25 Å². The van der Waals surface area contributed by atoms with E-state index in [0.29, 0.717) is 0 Å². The molecular weight excluding hydrogens is 184 g/mol. The van der Waals surface area contributed by atoms with Crippen LogP contribution in [0.5, 0.6) is 0 Å². The van der Waals surface area contributed by atoms with Crippen LogP contribution in [0.2, 0.25) is 0 Å². The van der Waals surface area contributed by atoms with Gasteiger partial charge in [0.1, 0.15) is 0 Å². The molecule has 0 aromatic carbocycles. The molecule has 13 heavy (non-hydrogen) atoms. The number of hydrogen-bond acceptors (Lipinski definition) is 1. The van der Waals surface area contributed by atoms with E-state index in [2.05, 4.69) is 0 Å². The average molecular weight is 204 g/mol. The van der Waals surface area contributed by atoms with Crippen molar-refractivity contribution in [1.82, 2.24) is 0 Å². The van der Waals surface area contributed by atoms with Gasteiger partial charge in [-0.25, -0.2) is 4.21 Å². The fraction of sp³-hybridized carbons (Fsp3) is 1.00. The van der Waals surface area contributed by atoms with Crippen molar-refractivity contribution < 1.29 is 8.76 Å². The lowest BCUT2D eigenvalue weighted by molar-refractivity contribution is 0.480. The molecule has 0 aliphatic heterocycles. The van der Waals surface area contributed by atoms with Crippen LogP contribution >= 0.6 is 0 Å². The van der Waals surface area contributed by atoms with Gasteiger partial charge in [0.05, 0.1) is 5.25 Å². The van der Waals surface area contributed by atoms with Crippen molar-refractivity contribution in [2.75, 3.05) is 0 Å². The van der Waals surface area contributed by atoms with Gasteiger partial charge >= 0.3 is 0 Å². The molecule has 0 radical (unpaired) electrons. The molecule has 0 aromatic rings. The first kappa shape index (κ1) is 11.2. The second kappa shape index (κ2) is 6.55. The minimum Gasteiger partial charge on any atom is -0.306 e. The summed E-state index contributed by atoms with van der Waals surface area (Å²) in [6.45, 7) is 0. The largest absolute Gasteiger partial charge is 0.306 e. The Balaban J connectivity index is 2.30. The minimum atomic E-state index is -1.58. The van der Waals surface area contributed by atoms with Crippen LogP contribution in [0, 0.1) is 0 Å². The van der Waals surface area contributed by atoms with Crippen molar-refractivity contribution in [3.05, 3.63) is 0 Å². The lowest BCUT2D eigenvalue weighted by atomic mass is 10.0. The molecule has 2 nitrogen and oxygen atoms in total. The Kier molecular flexibility index (Phi) is 5.63. The van der Waals surface area contributed by atoms with Gasteiger partial charge in [-0.05, 0) is 12.8 Å². The monoisotopic (exact) mass is 204 g/mol. The van der Waals surface area contributed by atoms with Gasteiger partial charge < -0.3 is 4.55 Å². The number of hydrogen-bond donors (Lipinski definition) is 1. The standard InChI is InChI=1S/C10H20O2S/c11-13(12)10-8-6-4-2-1-3-5-7-9-10/h10H,1-9H2,(H,11,12). The molecular formula is C10H20O2S. The highest BCUT2D eigenvalue weighted by atomic mass is 32.2. The Morgan fingerprint density at radius 1 is 0.846 bits per heavy atom. The smallest absolute Gasteiger partial charge is 0.155 e. The van der Waals surface area contributed by atoms with Crippen LogP contribution in [-0.4, -0.2) is 14.0 Å². The second-order valence-corrected chi connectivity index (χ2v) is 5.17. The highest BCUT2D eigenvalue weighted by molar-refractivity contribution is 7.79. The van der Waals surface area contributed by atoms with Gasteiger partial charge in [0.2, 0.25) is 0 Å². The van der Waals surface area contributed by atoms with Crippen molar-refractivity contribution in [1.29, 1.82) is 0 Å². The van der Waals surface area contributed by atoms with Crippen molar-refractivity contribution >= 4 is 11.1 Å². The highest BCUT2D eigenvalue weighted by Crippen LogP contribution is 2.19. The van der Waals surface area contributed by atoms with E-state index in [4.69, 9.17) is 4.55 Å². The molecule has 1 N–H and O–H groups in total.